The SMILES string of the molecule is C=CCOc1ccc(NCC(=O)Nc2ccc(C)cc2C)cc1. The average Bonchev–Trinajstić information content (AvgIpc) is 2.54. The van der Waals surface area contributed by atoms with Gasteiger partial charge in [-0.15, -0.1) is 0 Å². The first-order valence-electron chi connectivity index (χ1n) is 7.53. The summed E-state index contributed by atoms with van der Waals surface area (Å²) in [6.07, 6.45) is 1.70. The molecule has 0 atom stereocenters. The Balaban J connectivity index is 1.85. The Hall–Kier alpha value is -2.75. The molecule has 0 aliphatic heterocycles. The molecule has 0 aromatic heterocycles. The van der Waals surface area contributed by atoms with Crippen LogP contribution in [0.15, 0.2) is 55.1 Å². The van der Waals surface area contributed by atoms with Crippen molar-refractivity contribution in [3.63, 3.8) is 0 Å². The Morgan fingerprint density at radius 1 is 1.17 bits per heavy atom. The number of carbonyl (C=O) groups is 1. The maximum absolute atomic E-state index is 12.0. The van der Waals surface area contributed by atoms with E-state index >= 15 is 0 Å². The summed E-state index contributed by atoms with van der Waals surface area (Å²) in [4.78, 5) is 12.0. The van der Waals surface area contributed by atoms with Crippen LogP contribution in [-0.2, 0) is 4.79 Å². The largest absolute Gasteiger partial charge is 0.490 e. The van der Waals surface area contributed by atoms with E-state index in [0.29, 0.717) is 6.61 Å². The smallest absolute Gasteiger partial charge is 0.243 e. The molecule has 1 amide bonds. The van der Waals surface area contributed by atoms with Crippen molar-refractivity contribution in [1.29, 1.82) is 0 Å². The molecule has 4 nitrogen and oxygen atoms in total. The van der Waals surface area contributed by atoms with Gasteiger partial charge in [-0.25, -0.2) is 0 Å². The van der Waals surface area contributed by atoms with E-state index in [-0.39, 0.29) is 12.5 Å². The third kappa shape index (κ3) is 5.18. The molecule has 2 N–H and O–H groups in total. The van der Waals surface area contributed by atoms with Gasteiger partial charge in [0.1, 0.15) is 12.4 Å². The molecule has 23 heavy (non-hydrogen) atoms. The minimum Gasteiger partial charge on any atom is -0.490 e. The predicted octanol–water partition coefficient (Wildman–Crippen LogP) is 3.92. The van der Waals surface area contributed by atoms with Gasteiger partial charge in [-0.05, 0) is 49.7 Å². The zero-order valence-electron chi connectivity index (χ0n) is 13.6. The van der Waals surface area contributed by atoms with Crippen molar-refractivity contribution in [2.45, 2.75) is 13.8 Å². The van der Waals surface area contributed by atoms with Crippen LogP contribution < -0.4 is 15.4 Å². The number of hydrogen-bond acceptors (Lipinski definition) is 3. The van der Waals surface area contributed by atoms with Gasteiger partial charge in [-0.2, -0.15) is 0 Å². The van der Waals surface area contributed by atoms with Gasteiger partial charge in [0.2, 0.25) is 5.91 Å². The topological polar surface area (TPSA) is 50.4 Å². The van der Waals surface area contributed by atoms with Crippen molar-refractivity contribution in [2.24, 2.45) is 0 Å². The molecule has 0 aliphatic carbocycles. The summed E-state index contributed by atoms with van der Waals surface area (Å²) >= 11 is 0. The van der Waals surface area contributed by atoms with Crippen molar-refractivity contribution in [3.8, 4) is 5.75 Å². The van der Waals surface area contributed by atoms with E-state index in [0.717, 1.165) is 22.7 Å². The van der Waals surface area contributed by atoms with Crippen molar-refractivity contribution < 1.29 is 9.53 Å². The molecule has 4 heteroatoms. The number of anilines is 2. The molecule has 0 saturated carbocycles. The van der Waals surface area contributed by atoms with Crippen LogP contribution in [0.1, 0.15) is 11.1 Å². The highest BCUT2D eigenvalue weighted by atomic mass is 16.5. The Kier molecular flexibility index (Phi) is 5.80. The Morgan fingerprint density at radius 3 is 2.57 bits per heavy atom. The summed E-state index contributed by atoms with van der Waals surface area (Å²) in [6.45, 7) is 8.31. The number of amides is 1. The van der Waals surface area contributed by atoms with Gasteiger partial charge in [0.05, 0.1) is 6.54 Å². The first-order chi connectivity index (χ1) is 11.1. The molecule has 2 aromatic carbocycles. The van der Waals surface area contributed by atoms with Crippen LogP contribution in [0, 0.1) is 13.8 Å². The normalized spacial score (nSPS) is 10.0. The number of rotatable bonds is 7. The van der Waals surface area contributed by atoms with Gasteiger partial charge < -0.3 is 15.4 Å². The molecule has 2 aromatic rings. The summed E-state index contributed by atoms with van der Waals surface area (Å²) in [5.74, 6) is 0.694. The first-order valence-corrected chi connectivity index (χ1v) is 7.53. The van der Waals surface area contributed by atoms with Crippen molar-refractivity contribution in [2.75, 3.05) is 23.8 Å². The van der Waals surface area contributed by atoms with E-state index in [1.165, 1.54) is 5.56 Å². The highest BCUT2D eigenvalue weighted by molar-refractivity contribution is 5.94. The number of nitrogens with one attached hydrogen (secondary N) is 2. The van der Waals surface area contributed by atoms with E-state index in [1.807, 2.05) is 56.3 Å². The number of hydrogen-bond donors (Lipinski definition) is 2. The summed E-state index contributed by atoms with van der Waals surface area (Å²) < 4.78 is 5.41. The molecule has 0 unspecified atom stereocenters. The van der Waals surface area contributed by atoms with Crippen molar-refractivity contribution >= 4 is 17.3 Å². The van der Waals surface area contributed by atoms with Gasteiger partial charge >= 0.3 is 0 Å². The van der Waals surface area contributed by atoms with Crippen LogP contribution in [0.25, 0.3) is 0 Å². The lowest BCUT2D eigenvalue weighted by Crippen LogP contribution is -2.22. The molecule has 2 rings (SSSR count). The van der Waals surface area contributed by atoms with E-state index in [1.54, 1.807) is 6.08 Å². The molecule has 0 radical (unpaired) electrons. The standard InChI is InChI=1S/C19H22N2O2/c1-4-11-23-17-8-6-16(7-9-17)20-13-19(22)21-18-10-5-14(2)12-15(18)3/h4-10,12,20H,1,11,13H2,2-3H3,(H,21,22). The maximum atomic E-state index is 12.0. The number of ether oxygens (including phenoxy) is 1. The quantitative estimate of drug-likeness (QED) is 0.762. The van der Waals surface area contributed by atoms with Crippen LogP contribution in [0.3, 0.4) is 0 Å². The Bertz CT molecular complexity index is 678. The molecule has 120 valence electrons. The Morgan fingerprint density at radius 2 is 1.91 bits per heavy atom. The van der Waals surface area contributed by atoms with E-state index < -0.39 is 0 Å². The number of carbonyl (C=O) groups excluding carboxylic acids is 1. The van der Waals surface area contributed by atoms with Crippen LogP contribution in [0.2, 0.25) is 0 Å². The zero-order chi connectivity index (χ0) is 16.7. The van der Waals surface area contributed by atoms with Gasteiger partial charge in [-0.3, -0.25) is 4.79 Å². The summed E-state index contributed by atoms with van der Waals surface area (Å²) in [5.41, 5.74) is 3.95. The third-order valence-electron chi connectivity index (χ3n) is 3.33. The van der Waals surface area contributed by atoms with Crippen molar-refractivity contribution in [3.05, 3.63) is 66.2 Å². The van der Waals surface area contributed by atoms with Crippen molar-refractivity contribution in [1.82, 2.24) is 0 Å². The molecule has 0 bridgehead atoms. The lowest BCUT2D eigenvalue weighted by Gasteiger charge is -2.11. The summed E-state index contributed by atoms with van der Waals surface area (Å²) in [7, 11) is 0. The number of benzene rings is 2. The van der Waals surface area contributed by atoms with E-state index in [2.05, 4.69) is 17.2 Å². The fraction of sp³-hybridized carbons (Fsp3) is 0.211. The lowest BCUT2D eigenvalue weighted by atomic mass is 10.1. The summed E-state index contributed by atoms with van der Waals surface area (Å²) in [5, 5.41) is 6.00. The van der Waals surface area contributed by atoms with Gasteiger partial charge in [0.15, 0.2) is 0 Å². The highest BCUT2D eigenvalue weighted by Gasteiger charge is 2.05. The highest BCUT2D eigenvalue weighted by Crippen LogP contribution is 2.17. The molecule has 0 fully saturated rings. The second-order valence-corrected chi connectivity index (χ2v) is 5.34. The predicted molar refractivity (Wildman–Crippen MR) is 95.2 cm³/mol. The minimum absolute atomic E-state index is 0.0797. The lowest BCUT2D eigenvalue weighted by molar-refractivity contribution is -0.114. The molecule has 0 heterocycles. The number of aryl methyl sites for hydroxylation is 2. The molecular formula is C19H22N2O2. The molecule has 0 saturated heterocycles. The second-order valence-electron chi connectivity index (χ2n) is 5.34. The second kappa shape index (κ2) is 8.03. The van der Waals surface area contributed by atoms with Crippen LogP contribution in [-0.4, -0.2) is 19.1 Å². The van der Waals surface area contributed by atoms with Crippen LogP contribution in [0.5, 0.6) is 5.75 Å². The third-order valence-corrected chi connectivity index (χ3v) is 3.33. The molecular weight excluding hydrogens is 288 g/mol. The summed E-state index contributed by atoms with van der Waals surface area (Å²) in [6, 6.07) is 13.4. The van der Waals surface area contributed by atoms with Gasteiger partial charge in [0.25, 0.3) is 0 Å². The fourth-order valence-electron chi connectivity index (χ4n) is 2.15. The van der Waals surface area contributed by atoms with E-state index in [9.17, 15) is 4.79 Å². The van der Waals surface area contributed by atoms with Gasteiger partial charge in [-0.1, -0.05) is 30.4 Å². The van der Waals surface area contributed by atoms with Crippen LogP contribution >= 0.6 is 0 Å². The molecule has 0 spiro atoms. The zero-order valence-corrected chi connectivity index (χ0v) is 13.6. The fourth-order valence-corrected chi connectivity index (χ4v) is 2.15. The van der Waals surface area contributed by atoms with Gasteiger partial charge in [0, 0.05) is 11.4 Å². The van der Waals surface area contributed by atoms with E-state index in [4.69, 9.17) is 4.74 Å². The first kappa shape index (κ1) is 16.6. The monoisotopic (exact) mass is 310 g/mol. The minimum atomic E-state index is -0.0797. The maximum Gasteiger partial charge on any atom is 0.243 e. The Labute approximate surface area is 137 Å². The average molecular weight is 310 g/mol. The molecule has 0 aliphatic rings. The van der Waals surface area contributed by atoms with Crippen LogP contribution in [0.4, 0.5) is 11.4 Å².